The van der Waals surface area contributed by atoms with E-state index in [9.17, 15) is 4.79 Å². The zero-order valence-corrected chi connectivity index (χ0v) is 11.1. The average molecular weight is 277 g/mol. The van der Waals surface area contributed by atoms with Gasteiger partial charge in [0, 0.05) is 17.7 Å². The minimum atomic E-state index is -0.247. The Morgan fingerprint density at radius 3 is 2.90 bits per heavy atom. The molecule has 102 valence electrons. The number of H-pyrrole nitrogens is 1. The molecule has 4 rings (SSSR count). The summed E-state index contributed by atoms with van der Waals surface area (Å²) in [5, 5.41) is 6.22. The molecular formula is C15H11N5O. The maximum absolute atomic E-state index is 11.5. The second-order valence-corrected chi connectivity index (χ2v) is 5.16. The molecule has 21 heavy (non-hydrogen) atoms. The number of imidazole rings is 1. The standard InChI is InChI=1S/C15H11N5O/c1-16-10-2-5-12-13(7-10)20(11-3-4-11)15(18-12)9-6-14(21)19-17-8-9/h2,5-8,11H,3-4H2,(H,19,21). The maximum Gasteiger partial charge on any atom is 0.264 e. The first-order valence-corrected chi connectivity index (χ1v) is 6.71. The van der Waals surface area contributed by atoms with Crippen LogP contribution in [0.2, 0.25) is 0 Å². The molecule has 0 amide bonds. The molecule has 2 aromatic heterocycles. The number of rotatable bonds is 2. The Bertz CT molecular complexity index is 943. The fourth-order valence-corrected chi connectivity index (χ4v) is 2.56. The van der Waals surface area contributed by atoms with Crippen LogP contribution < -0.4 is 5.56 Å². The van der Waals surface area contributed by atoms with Crippen LogP contribution in [0.25, 0.3) is 27.3 Å². The normalized spacial score (nSPS) is 14.2. The van der Waals surface area contributed by atoms with E-state index in [1.807, 2.05) is 12.1 Å². The highest BCUT2D eigenvalue weighted by molar-refractivity contribution is 5.84. The summed E-state index contributed by atoms with van der Waals surface area (Å²) >= 11 is 0. The Balaban J connectivity index is 2.03. The van der Waals surface area contributed by atoms with E-state index < -0.39 is 0 Å². The monoisotopic (exact) mass is 277 g/mol. The van der Waals surface area contributed by atoms with Crippen LogP contribution in [0.5, 0.6) is 0 Å². The highest BCUT2D eigenvalue weighted by Crippen LogP contribution is 2.41. The summed E-state index contributed by atoms with van der Waals surface area (Å²) in [6, 6.07) is 7.37. The molecule has 0 spiro atoms. The summed E-state index contributed by atoms with van der Waals surface area (Å²) in [6.07, 6.45) is 3.80. The molecule has 0 atom stereocenters. The number of nitrogens with zero attached hydrogens (tertiary/aromatic N) is 4. The van der Waals surface area contributed by atoms with Crippen molar-refractivity contribution >= 4 is 16.7 Å². The van der Waals surface area contributed by atoms with Gasteiger partial charge in [0.15, 0.2) is 5.69 Å². The van der Waals surface area contributed by atoms with Gasteiger partial charge < -0.3 is 4.57 Å². The molecule has 1 aliphatic carbocycles. The molecule has 0 saturated heterocycles. The lowest BCUT2D eigenvalue weighted by molar-refractivity contribution is 0.774. The predicted octanol–water partition coefficient (Wildman–Crippen LogP) is 2.67. The third-order valence-corrected chi connectivity index (χ3v) is 3.64. The highest BCUT2D eigenvalue weighted by Gasteiger charge is 2.28. The summed E-state index contributed by atoms with van der Waals surface area (Å²) in [6.45, 7) is 7.15. The second-order valence-electron chi connectivity index (χ2n) is 5.16. The number of fused-ring (bicyclic) bond motifs is 1. The average Bonchev–Trinajstić information content (AvgIpc) is 3.26. The Labute approximate surface area is 119 Å². The van der Waals surface area contributed by atoms with E-state index in [4.69, 9.17) is 6.57 Å². The molecule has 1 aliphatic rings. The van der Waals surface area contributed by atoms with E-state index in [1.165, 1.54) is 6.07 Å². The van der Waals surface area contributed by atoms with Crippen molar-refractivity contribution in [3.05, 3.63) is 52.2 Å². The van der Waals surface area contributed by atoms with Crippen LogP contribution >= 0.6 is 0 Å². The molecule has 1 saturated carbocycles. The first-order chi connectivity index (χ1) is 10.3. The minimum absolute atomic E-state index is 0.247. The van der Waals surface area contributed by atoms with Gasteiger partial charge >= 0.3 is 0 Å². The summed E-state index contributed by atoms with van der Waals surface area (Å²) in [7, 11) is 0. The van der Waals surface area contributed by atoms with E-state index in [0.29, 0.717) is 17.3 Å². The molecule has 6 heteroatoms. The Hall–Kier alpha value is -2.94. The molecule has 1 fully saturated rings. The fraction of sp³-hybridized carbons (Fsp3) is 0.200. The van der Waals surface area contributed by atoms with Crippen molar-refractivity contribution in [2.45, 2.75) is 18.9 Å². The van der Waals surface area contributed by atoms with Crippen LogP contribution in [-0.2, 0) is 0 Å². The zero-order chi connectivity index (χ0) is 14.4. The van der Waals surface area contributed by atoms with E-state index >= 15 is 0 Å². The summed E-state index contributed by atoms with van der Waals surface area (Å²) < 4.78 is 2.13. The van der Waals surface area contributed by atoms with Gasteiger partial charge in [0.1, 0.15) is 5.82 Å². The van der Waals surface area contributed by atoms with Gasteiger partial charge in [-0.2, -0.15) is 5.10 Å². The van der Waals surface area contributed by atoms with Gasteiger partial charge in [-0.05, 0) is 25.0 Å². The van der Waals surface area contributed by atoms with Crippen molar-refractivity contribution < 1.29 is 0 Å². The van der Waals surface area contributed by atoms with E-state index in [-0.39, 0.29) is 5.56 Å². The largest absolute Gasteiger partial charge is 0.322 e. The molecule has 3 aromatic rings. The number of nitrogens with one attached hydrogen (secondary N) is 1. The lowest BCUT2D eigenvalue weighted by atomic mass is 10.2. The number of hydrogen-bond acceptors (Lipinski definition) is 3. The van der Waals surface area contributed by atoms with Crippen LogP contribution in [-0.4, -0.2) is 19.7 Å². The Morgan fingerprint density at radius 1 is 1.33 bits per heavy atom. The lowest BCUT2D eigenvalue weighted by Crippen LogP contribution is -2.07. The van der Waals surface area contributed by atoms with Crippen molar-refractivity contribution in [3.63, 3.8) is 0 Å². The Morgan fingerprint density at radius 2 is 2.19 bits per heavy atom. The smallest absolute Gasteiger partial charge is 0.264 e. The summed E-state index contributed by atoms with van der Waals surface area (Å²) in [5.74, 6) is 0.744. The van der Waals surface area contributed by atoms with Gasteiger partial charge in [0.2, 0.25) is 0 Å². The molecule has 2 heterocycles. The quantitative estimate of drug-likeness (QED) is 0.732. The predicted molar refractivity (Wildman–Crippen MR) is 78.1 cm³/mol. The van der Waals surface area contributed by atoms with Gasteiger partial charge in [0.05, 0.1) is 23.8 Å². The van der Waals surface area contributed by atoms with Crippen LogP contribution in [0.1, 0.15) is 18.9 Å². The van der Waals surface area contributed by atoms with E-state index in [0.717, 1.165) is 29.7 Å². The van der Waals surface area contributed by atoms with Gasteiger partial charge in [-0.3, -0.25) is 4.79 Å². The number of hydrogen-bond donors (Lipinski definition) is 1. The molecule has 1 N–H and O–H groups in total. The third-order valence-electron chi connectivity index (χ3n) is 3.64. The van der Waals surface area contributed by atoms with Crippen molar-refractivity contribution in [1.82, 2.24) is 19.7 Å². The van der Waals surface area contributed by atoms with Crippen LogP contribution in [0.3, 0.4) is 0 Å². The van der Waals surface area contributed by atoms with E-state index in [1.54, 1.807) is 12.3 Å². The third kappa shape index (κ3) is 1.91. The first kappa shape index (κ1) is 11.9. The first-order valence-electron chi connectivity index (χ1n) is 6.71. The number of aromatic nitrogens is 4. The van der Waals surface area contributed by atoms with Gasteiger partial charge in [-0.1, -0.05) is 6.07 Å². The second kappa shape index (κ2) is 4.28. The van der Waals surface area contributed by atoms with Crippen LogP contribution in [0.4, 0.5) is 5.69 Å². The number of aromatic amines is 1. The highest BCUT2D eigenvalue weighted by atomic mass is 16.1. The van der Waals surface area contributed by atoms with Crippen molar-refractivity contribution in [2.75, 3.05) is 0 Å². The van der Waals surface area contributed by atoms with Gasteiger partial charge in [-0.25, -0.2) is 14.9 Å². The topological polar surface area (TPSA) is 67.9 Å². The molecule has 0 radical (unpaired) electrons. The molecule has 1 aromatic carbocycles. The van der Waals surface area contributed by atoms with Crippen LogP contribution in [0.15, 0.2) is 35.3 Å². The summed E-state index contributed by atoms with van der Waals surface area (Å²) in [5.41, 5.74) is 2.83. The number of benzene rings is 1. The maximum atomic E-state index is 11.5. The Kier molecular flexibility index (Phi) is 2.42. The van der Waals surface area contributed by atoms with Crippen molar-refractivity contribution in [3.8, 4) is 11.4 Å². The minimum Gasteiger partial charge on any atom is -0.322 e. The zero-order valence-electron chi connectivity index (χ0n) is 11.1. The van der Waals surface area contributed by atoms with Gasteiger partial charge in [0.25, 0.3) is 5.56 Å². The molecule has 0 unspecified atom stereocenters. The SMILES string of the molecule is [C-]#[N+]c1ccc2nc(-c3cn[nH]c(=O)c3)n(C3CC3)c2c1. The summed E-state index contributed by atoms with van der Waals surface area (Å²) in [4.78, 5) is 19.6. The fourth-order valence-electron chi connectivity index (χ4n) is 2.56. The van der Waals surface area contributed by atoms with Gasteiger partial charge in [-0.15, -0.1) is 0 Å². The molecule has 0 aliphatic heterocycles. The molecular weight excluding hydrogens is 266 g/mol. The van der Waals surface area contributed by atoms with Crippen LogP contribution in [0, 0.1) is 6.57 Å². The molecule has 6 nitrogen and oxygen atoms in total. The van der Waals surface area contributed by atoms with Crippen molar-refractivity contribution in [1.29, 1.82) is 0 Å². The van der Waals surface area contributed by atoms with Crippen molar-refractivity contribution in [2.24, 2.45) is 0 Å². The van der Waals surface area contributed by atoms with E-state index in [2.05, 4.69) is 24.6 Å². The lowest BCUT2D eigenvalue weighted by Gasteiger charge is -2.07. The molecule has 0 bridgehead atoms.